The molecule has 7 heteroatoms. The number of benzene rings is 3. The topological polar surface area (TPSA) is 64.4 Å². The van der Waals surface area contributed by atoms with Gasteiger partial charge in [0.15, 0.2) is 0 Å². The van der Waals surface area contributed by atoms with Crippen molar-refractivity contribution in [3.8, 4) is 5.75 Å². The molecule has 0 heterocycles. The number of para-hydroxylation sites is 1. The van der Waals surface area contributed by atoms with Crippen molar-refractivity contribution in [1.82, 2.24) is 0 Å². The summed E-state index contributed by atoms with van der Waals surface area (Å²) >= 11 is 7.13. The van der Waals surface area contributed by atoms with Gasteiger partial charge in [0.1, 0.15) is 12.4 Å². The first-order valence-electron chi connectivity index (χ1n) is 9.13. The molecule has 0 radical (unpaired) electrons. The minimum Gasteiger partial charge on any atom is -0.487 e. The number of halogens is 2. The average molecular weight is 520 g/mol. The Labute approximate surface area is 186 Å². The van der Waals surface area contributed by atoms with Gasteiger partial charge in [0.2, 0.25) is 0 Å². The molecule has 1 N–H and O–H groups in total. The molecule has 0 saturated carbocycles. The van der Waals surface area contributed by atoms with E-state index >= 15 is 0 Å². The summed E-state index contributed by atoms with van der Waals surface area (Å²) in [5.74, 6) is 0.744. The van der Waals surface area contributed by atoms with Crippen molar-refractivity contribution >= 4 is 43.2 Å². The first-order valence-corrected chi connectivity index (χ1v) is 10.7. The van der Waals surface area contributed by atoms with E-state index < -0.39 is 4.92 Å². The smallest absolute Gasteiger partial charge is 0.269 e. The van der Waals surface area contributed by atoms with E-state index in [9.17, 15) is 10.1 Å². The molecule has 3 rings (SSSR count). The van der Waals surface area contributed by atoms with Gasteiger partial charge in [-0.2, -0.15) is 0 Å². The Bertz CT molecular complexity index is 1010. The minimum absolute atomic E-state index is 0.0676. The van der Waals surface area contributed by atoms with Crippen molar-refractivity contribution < 1.29 is 9.66 Å². The lowest BCUT2D eigenvalue weighted by Crippen LogP contribution is -2.06. The first kappa shape index (κ1) is 21.3. The lowest BCUT2D eigenvalue weighted by atomic mass is 10.1. The summed E-state index contributed by atoms with van der Waals surface area (Å²) in [6.45, 7) is 3.05. The molecule has 150 valence electrons. The van der Waals surface area contributed by atoms with Gasteiger partial charge in [-0.1, -0.05) is 41.1 Å². The standard InChI is InChI=1S/C22H20Br2N2O3/c1-2-16-5-3-4-6-21(16)25-13-17-11-18(23)12-20(24)22(17)29-14-15-7-9-19(10-8-15)26(27)28/h3-12,25H,2,13-14H2,1H3. The third-order valence-electron chi connectivity index (χ3n) is 4.48. The van der Waals surface area contributed by atoms with Crippen LogP contribution in [0.5, 0.6) is 5.75 Å². The lowest BCUT2D eigenvalue weighted by molar-refractivity contribution is -0.384. The van der Waals surface area contributed by atoms with Crippen molar-refractivity contribution in [2.75, 3.05) is 5.32 Å². The second-order valence-electron chi connectivity index (χ2n) is 6.45. The average Bonchev–Trinajstić information content (AvgIpc) is 2.71. The van der Waals surface area contributed by atoms with Crippen molar-refractivity contribution in [3.63, 3.8) is 0 Å². The molecule has 5 nitrogen and oxygen atoms in total. The van der Waals surface area contributed by atoms with E-state index in [4.69, 9.17) is 4.74 Å². The highest BCUT2D eigenvalue weighted by atomic mass is 79.9. The number of non-ortho nitro benzene ring substituents is 1. The Balaban J connectivity index is 1.77. The minimum atomic E-state index is -0.409. The highest BCUT2D eigenvalue weighted by Gasteiger charge is 2.12. The van der Waals surface area contributed by atoms with E-state index in [0.717, 1.165) is 37.9 Å². The van der Waals surface area contributed by atoms with E-state index in [1.165, 1.54) is 17.7 Å². The second kappa shape index (κ2) is 9.89. The highest BCUT2D eigenvalue weighted by molar-refractivity contribution is 9.11. The van der Waals surface area contributed by atoms with Crippen LogP contribution in [0.2, 0.25) is 0 Å². The molecule has 0 amide bonds. The van der Waals surface area contributed by atoms with E-state index in [-0.39, 0.29) is 5.69 Å². The summed E-state index contributed by atoms with van der Waals surface area (Å²) in [5.41, 5.74) is 4.29. The molecule has 0 aromatic heterocycles. The summed E-state index contributed by atoms with van der Waals surface area (Å²) in [4.78, 5) is 10.4. The highest BCUT2D eigenvalue weighted by Crippen LogP contribution is 2.34. The Kier molecular flexibility index (Phi) is 7.28. The van der Waals surface area contributed by atoms with E-state index in [1.54, 1.807) is 12.1 Å². The van der Waals surface area contributed by atoms with Gasteiger partial charge < -0.3 is 10.1 Å². The van der Waals surface area contributed by atoms with Crippen LogP contribution in [0.15, 0.2) is 69.6 Å². The maximum Gasteiger partial charge on any atom is 0.269 e. The Morgan fingerprint density at radius 2 is 1.76 bits per heavy atom. The molecular weight excluding hydrogens is 500 g/mol. The van der Waals surface area contributed by atoms with Crippen molar-refractivity contribution in [2.45, 2.75) is 26.5 Å². The van der Waals surface area contributed by atoms with Crippen LogP contribution in [0.4, 0.5) is 11.4 Å². The number of rotatable bonds is 8. The van der Waals surface area contributed by atoms with Gasteiger partial charge in [0.25, 0.3) is 5.69 Å². The molecule has 0 bridgehead atoms. The number of aryl methyl sites for hydroxylation is 1. The molecule has 3 aromatic rings. The predicted molar refractivity (Wildman–Crippen MR) is 122 cm³/mol. The maximum atomic E-state index is 10.8. The number of ether oxygens (including phenoxy) is 1. The fraction of sp³-hybridized carbons (Fsp3) is 0.182. The van der Waals surface area contributed by atoms with Gasteiger partial charge in [-0.15, -0.1) is 0 Å². The predicted octanol–water partition coefficient (Wildman–Crippen LogP) is 6.87. The van der Waals surface area contributed by atoms with Crippen LogP contribution in [0.1, 0.15) is 23.6 Å². The number of nitrogens with one attached hydrogen (secondary N) is 1. The summed E-state index contributed by atoms with van der Waals surface area (Å²) in [7, 11) is 0. The summed E-state index contributed by atoms with van der Waals surface area (Å²) in [6, 6.07) is 18.6. The van der Waals surface area contributed by atoms with Crippen molar-refractivity contribution in [1.29, 1.82) is 0 Å². The SMILES string of the molecule is CCc1ccccc1NCc1cc(Br)cc(Br)c1OCc1ccc([N+](=O)[O-])cc1. The molecule has 0 aliphatic rings. The van der Waals surface area contributed by atoms with Gasteiger partial charge in [-0.3, -0.25) is 10.1 Å². The monoisotopic (exact) mass is 518 g/mol. The lowest BCUT2D eigenvalue weighted by Gasteiger charge is -2.16. The second-order valence-corrected chi connectivity index (χ2v) is 8.22. The quantitative estimate of drug-likeness (QED) is 0.260. The molecular formula is C22H20Br2N2O3. The van der Waals surface area contributed by atoms with Gasteiger partial charge in [-0.05, 0) is 63.8 Å². The third-order valence-corrected chi connectivity index (χ3v) is 5.53. The fourth-order valence-corrected chi connectivity index (χ4v) is 4.40. The number of nitro groups is 1. The van der Waals surface area contributed by atoms with Crippen LogP contribution < -0.4 is 10.1 Å². The zero-order valence-electron chi connectivity index (χ0n) is 15.8. The number of nitro benzene ring substituents is 1. The van der Waals surface area contributed by atoms with Crippen LogP contribution in [0.25, 0.3) is 0 Å². The summed E-state index contributed by atoms with van der Waals surface area (Å²) in [5, 5.41) is 14.3. The van der Waals surface area contributed by atoms with Gasteiger partial charge in [0, 0.05) is 34.4 Å². The molecule has 29 heavy (non-hydrogen) atoms. The zero-order valence-corrected chi connectivity index (χ0v) is 19.0. The Morgan fingerprint density at radius 1 is 1.03 bits per heavy atom. The normalized spacial score (nSPS) is 10.6. The fourth-order valence-electron chi connectivity index (χ4n) is 2.97. The molecule has 0 spiro atoms. The van der Waals surface area contributed by atoms with Crippen LogP contribution in [-0.2, 0) is 19.6 Å². The number of anilines is 1. The van der Waals surface area contributed by atoms with Gasteiger partial charge in [-0.25, -0.2) is 0 Å². The zero-order chi connectivity index (χ0) is 20.8. The summed E-state index contributed by atoms with van der Waals surface area (Å²) in [6.07, 6.45) is 0.953. The first-order chi connectivity index (χ1) is 14.0. The van der Waals surface area contributed by atoms with E-state index in [1.807, 2.05) is 24.3 Å². The molecule has 0 saturated heterocycles. The van der Waals surface area contributed by atoms with Crippen LogP contribution >= 0.6 is 31.9 Å². The number of hydrogen-bond acceptors (Lipinski definition) is 4. The molecule has 0 atom stereocenters. The van der Waals surface area contributed by atoms with Crippen LogP contribution in [0, 0.1) is 10.1 Å². The molecule has 0 unspecified atom stereocenters. The maximum absolute atomic E-state index is 10.8. The molecule has 0 fully saturated rings. The third kappa shape index (κ3) is 5.58. The van der Waals surface area contributed by atoms with Gasteiger partial charge >= 0.3 is 0 Å². The number of nitrogens with zero attached hydrogens (tertiary/aromatic N) is 1. The summed E-state index contributed by atoms with van der Waals surface area (Å²) < 4.78 is 7.87. The molecule has 0 aliphatic heterocycles. The van der Waals surface area contributed by atoms with E-state index in [0.29, 0.717) is 13.2 Å². The van der Waals surface area contributed by atoms with Gasteiger partial charge in [0.05, 0.1) is 9.40 Å². The van der Waals surface area contributed by atoms with Crippen LogP contribution in [-0.4, -0.2) is 4.92 Å². The Hall–Kier alpha value is -2.38. The Morgan fingerprint density at radius 3 is 2.45 bits per heavy atom. The largest absolute Gasteiger partial charge is 0.487 e. The van der Waals surface area contributed by atoms with E-state index in [2.05, 4.69) is 56.2 Å². The van der Waals surface area contributed by atoms with Crippen molar-refractivity contribution in [2.24, 2.45) is 0 Å². The van der Waals surface area contributed by atoms with Crippen molar-refractivity contribution in [3.05, 3.63) is 96.4 Å². The molecule has 3 aromatic carbocycles. The van der Waals surface area contributed by atoms with Crippen LogP contribution in [0.3, 0.4) is 0 Å². The molecule has 0 aliphatic carbocycles. The number of hydrogen-bond donors (Lipinski definition) is 1.